The fourth-order valence-corrected chi connectivity index (χ4v) is 6.53. The predicted molar refractivity (Wildman–Crippen MR) is 31.8 cm³/mol. The molecule has 0 aromatic rings. The van der Waals surface area contributed by atoms with Gasteiger partial charge >= 0.3 is 49.1 Å². The van der Waals surface area contributed by atoms with Crippen molar-refractivity contribution < 1.29 is 8.42 Å². The number of hydrogen-bond donors (Lipinski definition) is 1. The molecule has 0 radical (unpaired) electrons. The monoisotopic (exact) mass is 403 g/mol. The van der Waals surface area contributed by atoms with Gasteiger partial charge in [0, 0.05) is 0 Å². The van der Waals surface area contributed by atoms with Crippen LogP contribution in [0.3, 0.4) is 0 Å². The summed E-state index contributed by atoms with van der Waals surface area (Å²) in [6.45, 7) is 5.06. The molecule has 0 spiro atoms. The third-order valence-corrected chi connectivity index (χ3v) is 8.15. The molecule has 0 saturated heterocycles. The molecule has 0 saturated carbocycles. The fraction of sp³-hybridized carbons (Fsp3) is 1.00. The quantitative estimate of drug-likeness (QED) is 0.679. The van der Waals surface area contributed by atoms with Crippen molar-refractivity contribution >= 4 is 10.0 Å². The van der Waals surface area contributed by atoms with Crippen LogP contribution in [0.15, 0.2) is 0 Å². The Morgan fingerprint density at radius 1 is 1.33 bits per heavy atom. The van der Waals surface area contributed by atoms with E-state index in [0.717, 1.165) is 0 Å². The summed E-state index contributed by atoms with van der Waals surface area (Å²) in [6.07, 6.45) is 0. The van der Waals surface area contributed by atoms with Crippen molar-refractivity contribution in [3.63, 3.8) is 0 Å². The maximum absolute atomic E-state index is 11.0. The molecule has 0 aliphatic carbocycles. The molecule has 0 atom stereocenters. The van der Waals surface area contributed by atoms with Gasteiger partial charge in [-0.1, -0.05) is 0 Å². The zero-order chi connectivity index (χ0) is 7.71. The zero-order valence-electron chi connectivity index (χ0n) is 5.93. The maximum atomic E-state index is 11.0. The first kappa shape index (κ1) is 7.91. The molecular formula is C4H10NO2RfS. The number of sulfonamides is 1. The van der Waals surface area contributed by atoms with Gasteiger partial charge < -0.3 is 0 Å². The van der Waals surface area contributed by atoms with E-state index in [1.807, 2.05) is 0 Å². The van der Waals surface area contributed by atoms with Gasteiger partial charge in [0.15, 0.2) is 0 Å². The SMILES string of the molecule is CC(C)(C)S(=O)(=O)[NH][Rf]. The van der Waals surface area contributed by atoms with Crippen LogP contribution in [-0.2, 0) is 10.0 Å². The van der Waals surface area contributed by atoms with Gasteiger partial charge in [-0.05, 0) is 0 Å². The molecule has 0 aliphatic rings. The second-order valence-corrected chi connectivity index (χ2v) is 9.20. The van der Waals surface area contributed by atoms with Gasteiger partial charge in [-0.2, -0.15) is 0 Å². The van der Waals surface area contributed by atoms with Crippen LogP contribution in [0.25, 0.3) is 0 Å². The number of nitrogens with one attached hydrogen (secondary N) is 1. The molecule has 0 heterocycles. The summed E-state index contributed by atoms with van der Waals surface area (Å²) < 4.78 is 21.3. The van der Waals surface area contributed by atoms with E-state index in [1.54, 1.807) is 20.8 Å². The topological polar surface area (TPSA) is 46.2 Å². The van der Waals surface area contributed by atoms with Crippen LogP contribution in [0.2, 0.25) is 0 Å². The van der Waals surface area contributed by atoms with Gasteiger partial charge in [-0.15, -0.1) is 0 Å². The van der Waals surface area contributed by atoms with E-state index < -0.39 is 14.8 Å². The summed E-state index contributed by atoms with van der Waals surface area (Å²) >= 11 is 0. The molecule has 1 N–H and O–H groups in total. The van der Waals surface area contributed by atoms with Gasteiger partial charge in [0.05, 0.1) is 0 Å². The molecular weight excluding hydrogens is 393 g/mol. The Balaban J connectivity index is 4.57. The summed E-state index contributed by atoms with van der Waals surface area (Å²) in [4.78, 5) is 0. The third-order valence-electron chi connectivity index (χ3n) is 0.996. The van der Waals surface area contributed by atoms with E-state index >= 15 is 0 Å². The van der Waals surface area contributed by atoms with Crippen molar-refractivity contribution in [2.45, 2.75) is 25.5 Å². The van der Waals surface area contributed by atoms with E-state index in [4.69, 9.17) is 0 Å². The Morgan fingerprint density at radius 3 is 1.67 bits per heavy atom. The molecule has 0 rings (SSSR count). The molecule has 0 aromatic heterocycles. The molecule has 3 nitrogen and oxygen atoms in total. The van der Waals surface area contributed by atoms with Crippen molar-refractivity contribution in [1.29, 1.82) is 0 Å². The van der Waals surface area contributed by atoms with Crippen LogP contribution in [-0.4, -0.2) is 13.2 Å². The minimum atomic E-state index is -2.99. The average molecular weight is 403 g/mol. The zero-order valence-corrected chi connectivity index (χ0v) is 13.1. The normalized spacial score (nSPS) is 13.9. The van der Waals surface area contributed by atoms with Crippen LogP contribution >= 0.6 is 0 Å². The molecule has 0 unspecified atom stereocenters. The van der Waals surface area contributed by atoms with Gasteiger partial charge in [0.25, 0.3) is 0 Å². The minimum absolute atomic E-state index is 0.0211. The Bertz CT molecular complexity index is 179. The Hall–Kier alpha value is -1.09. The molecule has 51 valence electrons. The summed E-state index contributed by atoms with van der Waals surface area (Å²) in [5, 5.41) is 2.46. The van der Waals surface area contributed by atoms with Gasteiger partial charge in [0.1, 0.15) is 0 Å². The first-order valence-electron chi connectivity index (χ1n) is 2.60. The summed E-state index contributed by atoms with van der Waals surface area (Å²) in [5.74, 6) is 0. The van der Waals surface area contributed by atoms with Crippen molar-refractivity contribution in [3.05, 3.63) is 0 Å². The average Bonchev–Trinajstić information content (AvgIpc) is 1.64. The summed E-state index contributed by atoms with van der Waals surface area (Å²) in [7, 11) is -2.99. The van der Waals surface area contributed by atoms with Crippen LogP contribution in [0.5, 0.6) is 0 Å². The van der Waals surface area contributed by atoms with E-state index in [0.29, 0.717) is 0 Å². The summed E-state index contributed by atoms with van der Waals surface area (Å²) in [5.41, 5.74) is 0. The van der Waals surface area contributed by atoms with Crippen LogP contribution in [0, 0.1) is 0 Å². The fourth-order valence-electron chi connectivity index (χ4n) is 0.217. The van der Waals surface area contributed by atoms with Crippen LogP contribution in [0.1, 0.15) is 20.8 Å². The Kier molecular flexibility index (Phi) is 1.50. The van der Waals surface area contributed by atoms with Gasteiger partial charge in [-0.3, -0.25) is 0 Å². The first-order chi connectivity index (χ1) is 3.81. The van der Waals surface area contributed by atoms with Gasteiger partial charge in [0.2, 0.25) is 0 Å². The third kappa shape index (κ3) is 1.40. The molecule has 9 heavy (non-hydrogen) atoms. The van der Waals surface area contributed by atoms with Crippen LogP contribution in [0.4, 0.5) is 0 Å². The number of hydrogen-bond acceptors (Lipinski definition) is 2. The van der Waals surface area contributed by atoms with E-state index in [1.165, 1.54) is 0 Å². The molecule has 0 fully saturated rings. The van der Waals surface area contributed by atoms with E-state index in [-0.39, 0.29) is 0 Å². The molecule has 5 heteroatoms. The molecule has 0 bridgehead atoms. The van der Waals surface area contributed by atoms with E-state index in [9.17, 15) is 8.42 Å². The van der Waals surface area contributed by atoms with Crippen molar-refractivity contribution in [1.82, 2.24) is 5.14 Å². The van der Waals surface area contributed by atoms with E-state index in [2.05, 4.69) is 5.14 Å². The summed E-state index contributed by atoms with van der Waals surface area (Å²) in [6, 6.07) is 0. The van der Waals surface area contributed by atoms with Crippen molar-refractivity contribution in [3.8, 4) is 0 Å². The standard InChI is InChI=1S/C4H10NO2S.Rf/c1-4(2,3)8(5,6)7;/h1-3H3,(H-,5,6,7);/q-1;+1. The second kappa shape index (κ2) is 1.70. The molecule has 0 aromatic carbocycles. The van der Waals surface area contributed by atoms with Crippen LogP contribution < -0.4 is 5.14 Å². The van der Waals surface area contributed by atoms with Gasteiger partial charge in [-0.25, -0.2) is 0 Å². The molecule has 0 amide bonds. The van der Waals surface area contributed by atoms with Crippen molar-refractivity contribution in [2.24, 2.45) is 0 Å². The van der Waals surface area contributed by atoms with Crippen molar-refractivity contribution in [2.75, 3.05) is 0 Å². The molecule has 0 aliphatic heterocycles. The predicted octanol–water partition coefficient (Wildman–Crippen LogP) is 0.169. The Morgan fingerprint density at radius 2 is 1.67 bits per heavy atom. The first-order valence-corrected chi connectivity index (χ1v) is 7.28. The number of rotatable bonds is 1. The Labute approximate surface area is 49.9 Å². The second-order valence-electron chi connectivity index (χ2n) is 2.76.